The van der Waals surface area contributed by atoms with E-state index in [1.165, 1.54) is 32.1 Å². The van der Waals surface area contributed by atoms with Gasteiger partial charge in [-0.25, -0.2) is 0 Å². The summed E-state index contributed by atoms with van der Waals surface area (Å²) < 4.78 is 0. The first kappa shape index (κ1) is 10.5. The van der Waals surface area contributed by atoms with E-state index < -0.39 is 0 Å². The topological polar surface area (TPSA) is 0 Å². The highest BCUT2D eigenvalue weighted by Gasteiger charge is 2.17. The Labute approximate surface area is 107 Å². The summed E-state index contributed by atoms with van der Waals surface area (Å²) >= 11 is 8.93. The molecule has 1 aromatic carbocycles. The van der Waals surface area contributed by atoms with Crippen molar-refractivity contribution >= 4 is 37.4 Å². The SMILES string of the molecule is SC1=Cc2ccc3c(c2CC1)CCC(S)=C3. The normalized spacial score (nSPS) is 18.4. The zero-order chi connectivity index (χ0) is 11.1. The number of hydrogen-bond donors (Lipinski definition) is 2. The molecule has 3 rings (SSSR count). The van der Waals surface area contributed by atoms with Gasteiger partial charge in [-0.3, -0.25) is 0 Å². The lowest BCUT2D eigenvalue weighted by atomic mass is 9.85. The summed E-state index contributed by atoms with van der Waals surface area (Å²) in [5.41, 5.74) is 5.80. The number of benzene rings is 1. The molecular weight excluding hydrogens is 232 g/mol. The minimum absolute atomic E-state index is 1.09. The van der Waals surface area contributed by atoms with E-state index in [4.69, 9.17) is 0 Å². The molecule has 0 N–H and O–H groups in total. The molecule has 0 amide bonds. The quantitative estimate of drug-likeness (QED) is 0.632. The Morgan fingerprint density at radius 1 is 0.688 bits per heavy atom. The number of hydrogen-bond acceptors (Lipinski definition) is 2. The van der Waals surface area contributed by atoms with Gasteiger partial charge in [-0.2, -0.15) is 0 Å². The molecule has 82 valence electrons. The van der Waals surface area contributed by atoms with Crippen LogP contribution in [0.3, 0.4) is 0 Å². The van der Waals surface area contributed by atoms with Gasteiger partial charge in [-0.05, 0) is 69.9 Å². The zero-order valence-corrected chi connectivity index (χ0v) is 10.8. The first-order valence-electron chi connectivity index (χ1n) is 5.68. The number of allylic oxidation sites excluding steroid dienone is 2. The van der Waals surface area contributed by atoms with Crippen LogP contribution in [0.25, 0.3) is 12.2 Å². The summed E-state index contributed by atoms with van der Waals surface area (Å²) in [5, 5.41) is 0. The van der Waals surface area contributed by atoms with Crippen LogP contribution < -0.4 is 0 Å². The summed E-state index contributed by atoms with van der Waals surface area (Å²) in [7, 11) is 0. The summed E-state index contributed by atoms with van der Waals surface area (Å²) in [6.45, 7) is 0. The lowest BCUT2D eigenvalue weighted by Gasteiger charge is -2.22. The Morgan fingerprint density at radius 2 is 1.12 bits per heavy atom. The van der Waals surface area contributed by atoms with Crippen LogP contribution in [0.1, 0.15) is 35.1 Å². The Bertz CT molecular complexity index is 463. The van der Waals surface area contributed by atoms with Gasteiger partial charge in [0.15, 0.2) is 0 Å². The van der Waals surface area contributed by atoms with Gasteiger partial charge in [0.2, 0.25) is 0 Å². The van der Waals surface area contributed by atoms with E-state index in [0.717, 1.165) is 25.7 Å². The lowest BCUT2D eigenvalue weighted by Crippen LogP contribution is -2.07. The third-order valence-electron chi connectivity index (χ3n) is 3.41. The third kappa shape index (κ3) is 1.74. The number of rotatable bonds is 0. The van der Waals surface area contributed by atoms with Crippen molar-refractivity contribution in [2.75, 3.05) is 0 Å². The Kier molecular flexibility index (Phi) is 2.64. The fourth-order valence-electron chi connectivity index (χ4n) is 2.60. The molecule has 0 saturated heterocycles. The average molecular weight is 246 g/mol. The van der Waals surface area contributed by atoms with E-state index in [2.05, 4.69) is 49.5 Å². The van der Waals surface area contributed by atoms with E-state index in [9.17, 15) is 0 Å². The van der Waals surface area contributed by atoms with Crippen LogP contribution in [0.15, 0.2) is 21.9 Å². The third-order valence-corrected chi connectivity index (χ3v) is 4.12. The average Bonchev–Trinajstić information content (AvgIpc) is 2.28. The molecule has 2 heteroatoms. The molecule has 0 nitrogen and oxygen atoms in total. The van der Waals surface area contributed by atoms with Crippen molar-refractivity contribution in [3.8, 4) is 0 Å². The molecule has 0 fully saturated rings. The maximum absolute atomic E-state index is 4.46. The molecule has 0 saturated carbocycles. The molecule has 0 aliphatic heterocycles. The van der Waals surface area contributed by atoms with Crippen LogP contribution in [0.5, 0.6) is 0 Å². The number of thiol groups is 2. The van der Waals surface area contributed by atoms with Crippen LogP contribution in [-0.2, 0) is 12.8 Å². The van der Waals surface area contributed by atoms with Gasteiger partial charge in [0.25, 0.3) is 0 Å². The smallest absolute Gasteiger partial charge is 0.0175 e. The highest BCUT2D eigenvalue weighted by atomic mass is 32.1. The summed E-state index contributed by atoms with van der Waals surface area (Å²) in [5.74, 6) is 0. The van der Waals surface area contributed by atoms with Crippen LogP contribution in [0, 0.1) is 0 Å². The zero-order valence-electron chi connectivity index (χ0n) is 9.03. The highest BCUT2D eigenvalue weighted by molar-refractivity contribution is 7.84. The molecule has 16 heavy (non-hydrogen) atoms. The Hall–Kier alpha value is -0.600. The molecule has 0 spiro atoms. The van der Waals surface area contributed by atoms with Gasteiger partial charge in [0.05, 0.1) is 0 Å². The highest BCUT2D eigenvalue weighted by Crippen LogP contribution is 2.34. The molecule has 0 bridgehead atoms. The van der Waals surface area contributed by atoms with Crippen molar-refractivity contribution in [1.82, 2.24) is 0 Å². The molecule has 0 heterocycles. The molecule has 0 radical (unpaired) electrons. The second-order valence-electron chi connectivity index (χ2n) is 4.47. The second-order valence-corrected chi connectivity index (χ2v) is 5.62. The molecule has 2 aliphatic carbocycles. The summed E-state index contributed by atoms with van der Waals surface area (Å²) in [6, 6.07) is 4.43. The maximum atomic E-state index is 4.46. The van der Waals surface area contributed by atoms with Crippen molar-refractivity contribution in [3.63, 3.8) is 0 Å². The largest absolute Gasteiger partial charge is 0.148 e. The minimum atomic E-state index is 1.09. The molecule has 2 aliphatic rings. The van der Waals surface area contributed by atoms with E-state index in [-0.39, 0.29) is 0 Å². The Balaban J connectivity index is 2.18. The van der Waals surface area contributed by atoms with Crippen LogP contribution >= 0.6 is 25.3 Å². The van der Waals surface area contributed by atoms with Crippen molar-refractivity contribution < 1.29 is 0 Å². The fraction of sp³-hybridized carbons (Fsp3) is 0.286. The molecule has 0 aromatic heterocycles. The maximum Gasteiger partial charge on any atom is -0.0175 e. The monoisotopic (exact) mass is 246 g/mol. The van der Waals surface area contributed by atoms with Gasteiger partial charge in [-0.15, -0.1) is 25.3 Å². The van der Waals surface area contributed by atoms with E-state index in [1.807, 2.05) is 0 Å². The van der Waals surface area contributed by atoms with Crippen molar-refractivity contribution in [2.24, 2.45) is 0 Å². The molecule has 0 atom stereocenters. The molecule has 1 aromatic rings. The van der Waals surface area contributed by atoms with Crippen LogP contribution in [0.4, 0.5) is 0 Å². The van der Waals surface area contributed by atoms with Gasteiger partial charge in [-0.1, -0.05) is 12.1 Å². The van der Waals surface area contributed by atoms with E-state index in [1.54, 1.807) is 0 Å². The van der Waals surface area contributed by atoms with Crippen molar-refractivity contribution in [2.45, 2.75) is 25.7 Å². The van der Waals surface area contributed by atoms with E-state index in [0.29, 0.717) is 0 Å². The van der Waals surface area contributed by atoms with E-state index >= 15 is 0 Å². The first-order chi connectivity index (χ1) is 7.74. The molecular formula is C14H14S2. The minimum Gasteiger partial charge on any atom is -0.148 e. The van der Waals surface area contributed by atoms with Crippen molar-refractivity contribution in [3.05, 3.63) is 44.2 Å². The molecule has 0 unspecified atom stereocenters. The van der Waals surface area contributed by atoms with Gasteiger partial charge >= 0.3 is 0 Å². The predicted octanol–water partition coefficient (Wildman–Crippen LogP) is 4.12. The fourth-order valence-corrected chi connectivity index (χ4v) is 3.10. The summed E-state index contributed by atoms with van der Waals surface area (Å²) in [4.78, 5) is 2.40. The second kappa shape index (κ2) is 4.01. The van der Waals surface area contributed by atoms with Crippen LogP contribution in [-0.4, -0.2) is 0 Å². The summed E-state index contributed by atoms with van der Waals surface area (Å²) in [6.07, 6.45) is 8.88. The van der Waals surface area contributed by atoms with Crippen molar-refractivity contribution in [1.29, 1.82) is 0 Å². The van der Waals surface area contributed by atoms with Gasteiger partial charge in [0, 0.05) is 0 Å². The standard InChI is InChI=1S/C14H14S2/c15-11-3-5-13-9(7-11)1-2-10-8-12(16)4-6-14(10)13/h1-2,7-8,15-16H,3-6H2. The predicted molar refractivity (Wildman–Crippen MR) is 77.0 cm³/mol. The number of fused-ring (bicyclic) bond motifs is 3. The van der Waals surface area contributed by atoms with Crippen LogP contribution in [0.2, 0.25) is 0 Å². The van der Waals surface area contributed by atoms with Gasteiger partial charge < -0.3 is 0 Å². The Morgan fingerprint density at radius 3 is 1.56 bits per heavy atom. The lowest BCUT2D eigenvalue weighted by molar-refractivity contribution is 0.897. The van der Waals surface area contributed by atoms with Gasteiger partial charge in [0.1, 0.15) is 0 Å². The first-order valence-corrected chi connectivity index (χ1v) is 6.57.